The molecule has 320 valence electrons. The maximum absolute atomic E-state index is 4.55. The van der Waals surface area contributed by atoms with Crippen LogP contribution in [0.3, 0.4) is 0 Å². The number of alkyl halides is 2. The van der Waals surface area contributed by atoms with E-state index >= 15 is 0 Å². The average molecular weight is 1100 g/mol. The summed E-state index contributed by atoms with van der Waals surface area (Å²) in [5, 5.41) is 5.42. The molecule has 0 spiro atoms. The first-order valence-electron chi connectivity index (χ1n) is 22.3. The van der Waals surface area contributed by atoms with Gasteiger partial charge in [0.25, 0.3) is 0 Å². The van der Waals surface area contributed by atoms with Crippen molar-refractivity contribution >= 4 is 105 Å². The van der Waals surface area contributed by atoms with Crippen molar-refractivity contribution in [3.05, 3.63) is 182 Å². The van der Waals surface area contributed by atoms with Gasteiger partial charge in [0.05, 0.1) is 0 Å². The molecule has 0 saturated heterocycles. The Bertz CT molecular complexity index is 1830. The first-order valence-corrected chi connectivity index (χ1v) is 33.4. The van der Waals surface area contributed by atoms with Crippen LogP contribution in [0.2, 0.25) is 0 Å². The minimum atomic E-state index is -2.72. The molecule has 0 atom stereocenters. The van der Waals surface area contributed by atoms with E-state index in [4.69, 9.17) is 0 Å². The van der Waals surface area contributed by atoms with Crippen molar-refractivity contribution in [2.75, 3.05) is 23.0 Å². The third kappa shape index (κ3) is 12.2. The molecule has 0 nitrogen and oxygen atoms in total. The molecule has 0 aromatic heterocycles. The Morgan fingerprint density at radius 2 is 0.400 bits per heavy atom. The van der Waals surface area contributed by atoms with Gasteiger partial charge in [-0.15, -0.1) is 0 Å². The van der Waals surface area contributed by atoms with Gasteiger partial charge in [-0.2, -0.15) is 0 Å². The van der Waals surface area contributed by atoms with Gasteiger partial charge in [0.2, 0.25) is 0 Å². The van der Waals surface area contributed by atoms with Gasteiger partial charge in [-0.3, -0.25) is 0 Å². The average Bonchev–Trinajstić information content (AvgIpc) is 3.32. The number of hydrogen-bond donors (Lipinski definition) is 0. The summed E-state index contributed by atoms with van der Waals surface area (Å²) in [7, 11) is 0. The molecule has 6 rings (SSSR count). The predicted molar refractivity (Wildman–Crippen MR) is 290 cm³/mol. The summed E-state index contributed by atoms with van der Waals surface area (Å²) in [6, 6.07) is 66.9. The third-order valence-corrected chi connectivity index (χ3v) is 33.4. The van der Waals surface area contributed by atoms with E-state index in [1.165, 1.54) is 122 Å². The second kappa shape index (κ2) is 25.4. The summed E-state index contributed by atoms with van der Waals surface area (Å²) < 4.78 is 0. The monoisotopic (exact) mass is 1090 g/mol. The summed E-state index contributed by atoms with van der Waals surface area (Å²) in [5.41, 5.74) is 0. The molecule has 6 aromatic carbocycles. The number of benzene rings is 6. The first kappa shape index (κ1) is 49.1. The third-order valence-electron chi connectivity index (χ3n) is 12.2. The fraction of sp³-hybridized carbons (Fsp3) is 0.333. The molecular weight excluding hydrogens is 1030 g/mol. The standard InChI is InChI=1S/C28H35Br2P.C26H31Br2P/c29-24-16-5-3-1-2-4-6-17-25-31(30,26-18-10-7-11-19-26,27-20-12-8-13-21-27)28-22-14-9-15-23-28;27-22-14-3-1-2-4-15-23-29(28,24-16-8-5-9-17-24,25-18-10-6-11-19-25)26-20-12-7-13-21-26/h7-15,18-23H,1-6,16-17,24-25H2;5-13,16-21H,1-4,14-15,22-23H2. The molecule has 0 radical (unpaired) electrons. The van der Waals surface area contributed by atoms with Crippen LogP contribution in [-0.4, -0.2) is 23.0 Å². The Hall–Kier alpha value is -1.90. The van der Waals surface area contributed by atoms with E-state index in [1.54, 1.807) is 0 Å². The predicted octanol–water partition coefficient (Wildman–Crippen LogP) is 15.9. The van der Waals surface area contributed by atoms with E-state index in [2.05, 4.69) is 245 Å². The fourth-order valence-corrected chi connectivity index (χ4v) is 25.2. The van der Waals surface area contributed by atoms with Crippen molar-refractivity contribution < 1.29 is 0 Å². The normalized spacial score (nSPS) is 12.9. The van der Waals surface area contributed by atoms with Crippen LogP contribution in [0.5, 0.6) is 0 Å². The Labute approximate surface area is 396 Å². The van der Waals surface area contributed by atoms with Crippen LogP contribution in [0.15, 0.2) is 182 Å². The van der Waals surface area contributed by atoms with E-state index in [0.717, 1.165) is 23.0 Å². The molecule has 6 aromatic rings. The Morgan fingerprint density at radius 3 is 0.583 bits per heavy atom. The van der Waals surface area contributed by atoms with Crippen LogP contribution >= 0.6 is 73.4 Å². The zero-order chi connectivity index (χ0) is 42.3. The molecule has 0 amide bonds. The summed E-state index contributed by atoms with van der Waals surface area (Å²) in [6.07, 6.45) is 20.8. The maximum atomic E-state index is 4.55. The second-order valence-electron chi connectivity index (χ2n) is 16.2. The van der Waals surface area contributed by atoms with Gasteiger partial charge in [0.15, 0.2) is 0 Å². The van der Waals surface area contributed by atoms with Gasteiger partial charge in [-0.05, 0) is 0 Å². The zero-order valence-electron chi connectivity index (χ0n) is 35.5. The minimum absolute atomic E-state index is 1.13. The topological polar surface area (TPSA) is 0 Å². The molecule has 0 unspecified atom stereocenters. The SMILES string of the molecule is BrCCCCCCCCCCP(Br)(c1ccccc1)(c1ccccc1)c1ccccc1.BrCCCCCCCCP(Br)(c1ccccc1)(c1ccccc1)c1ccccc1. The number of rotatable bonds is 24. The molecular formula is C54H66Br4P2. The Balaban J connectivity index is 0.000000228. The Morgan fingerprint density at radius 1 is 0.233 bits per heavy atom. The van der Waals surface area contributed by atoms with Gasteiger partial charge >= 0.3 is 400 Å². The van der Waals surface area contributed by atoms with Gasteiger partial charge in [0.1, 0.15) is 0 Å². The molecule has 0 saturated carbocycles. The quantitative estimate of drug-likeness (QED) is 0.0322. The van der Waals surface area contributed by atoms with Gasteiger partial charge < -0.3 is 0 Å². The molecule has 0 aliphatic heterocycles. The fourth-order valence-electron chi connectivity index (χ4n) is 8.88. The van der Waals surface area contributed by atoms with E-state index in [9.17, 15) is 0 Å². The van der Waals surface area contributed by atoms with Crippen molar-refractivity contribution in [2.45, 2.75) is 89.9 Å². The summed E-state index contributed by atoms with van der Waals surface area (Å²) in [4.78, 5) is 0. The molecule has 0 heterocycles. The van der Waals surface area contributed by atoms with E-state index in [0.29, 0.717) is 0 Å². The molecule has 0 aliphatic rings. The van der Waals surface area contributed by atoms with Crippen molar-refractivity contribution in [1.82, 2.24) is 0 Å². The molecule has 6 heteroatoms. The summed E-state index contributed by atoms with van der Waals surface area (Å²) >= 11 is 16.2. The molecule has 60 heavy (non-hydrogen) atoms. The molecule has 0 aliphatic carbocycles. The molecule has 0 bridgehead atoms. The van der Waals surface area contributed by atoms with E-state index in [1.807, 2.05) is 0 Å². The van der Waals surface area contributed by atoms with Crippen LogP contribution in [0.4, 0.5) is 0 Å². The number of unbranched alkanes of at least 4 members (excludes halogenated alkanes) is 12. The first-order chi connectivity index (χ1) is 29.4. The van der Waals surface area contributed by atoms with Crippen molar-refractivity contribution in [2.24, 2.45) is 0 Å². The number of hydrogen-bond acceptors (Lipinski definition) is 0. The summed E-state index contributed by atoms with van der Waals surface area (Å²) in [5.74, 6) is 0. The van der Waals surface area contributed by atoms with Crippen LogP contribution < -0.4 is 31.8 Å². The van der Waals surface area contributed by atoms with Crippen molar-refractivity contribution in [3.63, 3.8) is 0 Å². The molecule has 0 fully saturated rings. The van der Waals surface area contributed by atoms with Crippen molar-refractivity contribution in [1.29, 1.82) is 0 Å². The zero-order valence-corrected chi connectivity index (χ0v) is 43.6. The van der Waals surface area contributed by atoms with E-state index < -0.39 is 10.6 Å². The van der Waals surface area contributed by atoms with Crippen molar-refractivity contribution in [3.8, 4) is 0 Å². The van der Waals surface area contributed by atoms with Crippen LogP contribution in [0, 0.1) is 0 Å². The summed E-state index contributed by atoms with van der Waals surface area (Å²) in [6.45, 7) is 0. The van der Waals surface area contributed by atoms with Gasteiger partial charge in [-0.25, -0.2) is 0 Å². The Kier molecular flexibility index (Phi) is 20.8. The van der Waals surface area contributed by atoms with Crippen LogP contribution in [0.1, 0.15) is 89.9 Å². The van der Waals surface area contributed by atoms with Gasteiger partial charge in [0, 0.05) is 0 Å². The number of halogens is 4. The molecule has 0 N–H and O–H groups in total. The van der Waals surface area contributed by atoms with Crippen LogP contribution in [-0.2, 0) is 0 Å². The van der Waals surface area contributed by atoms with Gasteiger partial charge in [-0.1, -0.05) is 0 Å². The van der Waals surface area contributed by atoms with Crippen LogP contribution in [0.25, 0.3) is 0 Å². The second-order valence-corrected chi connectivity index (χ2v) is 35.9. The van der Waals surface area contributed by atoms with E-state index in [-0.39, 0.29) is 0 Å².